The molecule has 1 aliphatic heterocycles. The van der Waals surface area contributed by atoms with E-state index < -0.39 is 17.7 Å². The summed E-state index contributed by atoms with van der Waals surface area (Å²) in [6, 6.07) is 13.8. The summed E-state index contributed by atoms with van der Waals surface area (Å²) in [5.74, 6) is -0.859. The van der Waals surface area contributed by atoms with Crippen LogP contribution in [-0.2, 0) is 14.3 Å². The van der Waals surface area contributed by atoms with E-state index in [1.807, 2.05) is 58.9 Å². The lowest BCUT2D eigenvalue weighted by atomic mass is 9.94. The minimum absolute atomic E-state index is 0.0100. The second kappa shape index (κ2) is 10.0. The Bertz CT molecular complexity index is 1010. The molecule has 2 aromatic rings. The standard InChI is InChI=1S/C26H31NO5/c1-16(2)31-14-13-27-23(20-8-6-7-18(5)15-20)22(25(29)26(27)30)24(28)19-9-11-21(12-10-19)32-17(3)4/h6-12,15-17,23,28H,13-14H2,1-5H3/b24-22-. The highest BCUT2D eigenvalue weighted by molar-refractivity contribution is 6.46. The van der Waals surface area contributed by atoms with E-state index in [-0.39, 0.29) is 30.1 Å². The maximum Gasteiger partial charge on any atom is 0.295 e. The fraction of sp³-hybridized carbons (Fsp3) is 0.385. The highest BCUT2D eigenvalue weighted by Gasteiger charge is 2.45. The first-order chi connectivity index (χ1) is 15.2. The zero-order valence-electron chi connectivity index (χ0n) is 19.3. The van der Waals surface area contributed by atoms with Gasteiger partial charge in [-0.2, -0.15) is 0 Å². The van der Waals surface area contributed by atoms with Crippen molar-refractivity contribution in [3.63, 3.8) is 0 Å². The van der Waals surface area contributed by atoms with Crippen molar-refractivity contribution < 1.29 is 24.2 Å². The molecule has 0 spiro atoms. The molecule has 0 saturated carbocycles. The Kier molecular flexibility index (Phi) is 7.36. The minimum Gasteiger partial charge on any atom is -0.507 e. The topological polar surface area (TPSA) is 76.1 Å². The van der Waals surface area contributed by atoms with E-state index in [1.54, 1.807) is 24.3 Å². The van der Waals surface area contributed by atoms with Gasteiger partial charge >= 0.3 is 0 Å². The molecule has 1 atom stereocenters. The number of rotatable bonds is 8. The van der Waals surface area contributed by atoms with Crippen LogP contribution in [0.5, 0.6) is 5.75 Å². The van der Waals surface area contributed by atoms with Crippen LogP contribution < -0.4 is 4.74 Å². The molecule has 6 nitrogen and oxygen atoms in total. The van der Waals surface area contributed by atoms with Gasteiger partial charge in [0.2, 0.25) is 0 Å². The van der Waals surface area contributed by atoms with Crippen LogP contribution in [0.15, 0.2) is 54.1 Å². The Morgan fingerprint density at radius 2 is 1.72 bits per heavy atom. The number of carbonyl (C=O) groups is 2. The largest absolute Gasteiger partial charge is 0.507 e. The number of aryl methyl sites for hydroxylation is 1. The molecule has 32 heavy (non-hydrogen) atoms. The molecule has 1 heterocycles. The minimum atomic E-state index is -0.693. The van der Waals surface area contributed by atoms with Gasteiger partial charge in [0.05, 0.1) is 30.4 Å². The molecule has 0 aliphatic carbocycles. The molecule has 6 heteroatoms. The predicted molar refractivity (Wildman–Crippen MR) is 123 cm³/mol. The Morgan fingerprint density at radius 1 is 1.03 bits per heavy atom. The van der Waals surface area contributed by atoms with Gasteiger partial charge in [-0.25, -0.2) is 0 Å². The van der Waals surface area contributed by atoms with Crippen LogP contribution in [0, 0.1) is 6.92 Å². The van der Waals surface area contributed by atoms with E-state index in [2.05, 4.69) is 0 Å². The first-order valence-corrected chi connectivity index (χ1v) is 10.9. The summed E-state index contributed by atoms with van der Waals surface area (Å²) in [5, 5.41) is 11.1. The van der Waals surface area contributed by atoms with Gasteiger partial charge in [-0.3, -0.25) is 9.59 Å². The Balaban J connectivity index is 2.04. The van der Waals surface area contributed by atoms with Crippen molar-refractivity contribution >= 4 is 17.4 Å². The molecule has 1 amide bonds. The summed E-state index contributed by atoms with van der Waals surface area (Å²) in [6.45, 7) is 10.2. The maximum absolute atomic E-state index is 13.0. The van der Waals surface area contributed by atoms with Gasteiger partial charge in [0.25, 0.3) is 11.7 Å². The van der Waals surface area contributed by atoms with Gasteiger partial charge in [0.15, 0.2) is 0 Å². The summed E-state index contributed by atoms with van der Waals surface area (Å²) >= 11 is 0. The van der Waals surface area contributed by atoms with Gasteiger partial charge in [-0.05, 0) is 64.4 Å². The number of amides is 1. The molecular weight excluding hydrogens is 406 g/mol. The van der Waals surface area contributed by atoms with Crippen molar-refractivity contribution in [2.45, 2.75) is 52.9 Å². The van der Waals surface area contributed by atoms with Crippen molar-refractivity contribution in [2.75, 3.05) is 13.2 Å². The van der Waals surface area contributed by atoms with E-state index in [0.717, 1.165) is 11.1 Å². The molecular formula is C26H31NO5. The smallest absolute Gasteiger partial charge is 0.295 e. The second-order valence-corrected chi connectivity index (χ2v) is 8.52. The lowest BCUT2D eigenvalue weighted by Gasteiger charge is -2.26. The van der Waals surface area contributed by atoms with Crippen molar-refractivity contribution in [3.05, 3.63) is 70.8 Å². The van der Waals surface area contributed by atoms with E-state index in [0.29, 0.717) is 17.9 Å². The Labute approximate surface area is 189 Å². The van der Waals surface area contributed by atoms with Gasteiger partial charge in [0, 0.05) is 12.1 Å². The molecule has 0 radical (unpaired) electrons. The van der Waals surface area contributed by atoms with E-state index in [1.165, 1.54) is 4.90 Å². The normalized spacial score (nSPS) is 18.1. The van der Waals surface area contributed by atoms with Crippen molar-refractivity contribution in [1.82, 2.24) is 4.90 Å². The molecule has 0 bridgehead atoms. The Morgan fingerprint density at radius 3 is 2.31 bits per heavy atom. The molecule has 1 N–H and O–H groups in total. The first kappa shape index (κ1) is 23.5. The highest BCUT2D eigenvalue weighted by atomic mass is 16.5. The van der Waals surface area contributed by atoms with Crippen molar-refractivity contribution in [3.8, 4) is 5.75 Å². The van der Waals surface area contributed by atoms with Crippen LogP contribution in [0.4, 0.5) is 0 Å². The number of carbonyl (C=O) groups excluding carboxylic acids is 2. The van der Waals surface area contributed by atoms with Crippen LogP contribution in [0.2, 0.25) is 0 Å². The molecule has 1 saturated heterocycles. The Hall–Kier alpha value is -3.12. The number of ketones is 1. The quantitative estimate of drug-likeness (QED) is 0.370. The van der Waals surface area contributed by atoms with Crippen LogP contribution in [0.25, 0.3) is 5.76 Å². The summed E-state index contributed by atoms with van der Waals surface area (Å²) in [5.41, 5.74) is 2.31. The number of likely N-dealkylation sites (tertiary alicyclic amines) is 1. The van der Waals surface area contributed by atoms with Gasteiger partial charge < -0.3 is 19.5 Å². The van der Waals surface area contributed by atoms with Crippen LogP contribution in [0.1, 0.15) is 50.4 Å². The zero-order chi connectivity index (χ0) is 23.4. The van der Waals surface area contributed by atoms with E-state index in [4.69, 9.17) is 9.47 Å². The van der Waals surface area contributed by atoms with Gasteiger partial charge in [-0.1, -0.05) is 29.8 Å². The van der Waals surface area contributed by atoms with Crippen molar-refractivity contribution in [2.24, 2.45) is 0 Å². The summed E-state index contributed by atoms with van der Waals surface area (Å²) in [7, 11) is 0. The monoisotopic (exact) mass is 437 g/mol. The highest BCUT2D eigenvalue weighted by Crippen LogP contribution is 2.39. The molecule has 1 unspecified atom stereocenters. The first-order valence-electron chi connectivity index (χ1n) is 10.9. The number of aliphatic hydroxyl groups excluding tert-OH is 1. The number of aliphatic hydroxyl groups is 1. The van der Waals surface area contributed by atoms with Gasteiger partial charge in [0.1, 0.15) is 11.5 Å². The number of Topliss-reactive ketones (excluding diaryl/α,β-unsaturated/α-hetero) is 1. The molecule has 1 aliphatic rings. The molecule has 2 aromatic carbocycles. The van der Waals surface area contributed by atoms with Gasteiger partial charge in [-0.15, -0.1) is 0 Å². The SMILES string of the molecule is Cc1cccc(C2/C(=C(/O)c3ccc(OC(C)C)cc3)C(=O)C(=O)N2CCOC(C)C)c1. The van der Waals surface area contributed by atoms with Crippen LogP contribution in [-0.4, -0.2) is 47.1 Å². The lowest BCUT2D eigenvalue weighted by molar-refractivity contribution is -0.140. The zero-order valence-corrected chi connectivity index (χ0v) is 19.3. The molecule has 170 valence electrons. The average molecular weight is 438 g/mol. The molecule has 1 fully saturated rings. The van der Waals surface area contributed by atoms with E-state index in [9.17, 15) is 14.7 Å². The van der Waals surface area contributed by atoms with E-state index >= 15 is 0 Å². The maximum atomic E-state index is 13.0. The number of benzene rings is 2. The molecule has 0 aromatic heterocycles. The van der Waals surface area contributed by atoms with Crippen LogP contribution >= 0.6 is 0 Å². The fourth-order valence-corrected chi connectivity index (χ4v) is 3.80. The number of hydrogen-bond acceptors (Lipinski definition) is 5. The fourth-order valence-electron chi connectivity index (χ4n) is 3.80. The third-order valence-electron chi connectivity index (χ3n) is 5.18. The number of nitrogens with zero attached hydrogens (tertiary/aromatic N) is 1. The summed E-state index contributed by atoms with van der Waals surface area (Å²) < 4.78 is 11.3. The average Bonchev–Trinajstić information content (AvgIpc) is 2.98. The lowest BCUT2D eigenvalue weighted by Crippen LogP contribution is -2.33. The van der Waals surface area contributed by atoms with Crippen molar-refractivity contribution in [1.29, 1.82) is 0 Å². The number of hydrogen-bond donors (Lipinski definition) is 1. The third-order valence-corrected chi connectivity index (χ3v) is 5.18. The molecule has 3 rings (SSSR count). The van der Waals surface area contributed by atoms with Crippen LogP contribution in [0.3, 0.4) is 0 Å². The second-order valence-electron chi connectivity index (χ2n) is 8.52. The predicted octanol–water partition coefficient (Wildman–Crippen LogP) is 4.63. The summed E-state index contributed by atoms with van der Waals surface area (Å²) in [6.07, 6.45) is 0.0324. The third kappa shape index (κ3) is 5.19. The summed E-state index contributed by atoms with van der Waals surface area (Å²) in [4.78, 5) is 27.4. The number of ether oxygens (including phenoxy) is 2.